The van der Waals surface area contributed by atoms with E-state index < -0.39 is 23.6 Å². The molecule has 1 aromatic heterocycles. The van der Waals surface area contributed by atoms with Gasteiger partial charge in [-0.15, -0.1) is 0 Å². The van der Waals surface area contributed by atoms with Gasteiger partial charge in [0.2, 0.25) is 5.78 Å². The number of hydrogen-bond donors (Lipinski definition) is 2. The second kappa shape index (κ2) is 9.88. The highest BCUT2D eigenvalue weighted by Gasteiger charge is 2.28. The summed E-state index contributed by atoms with van der Waals surface area (Å²) in [5, 5.41) is 6.87. The normalized spacial score (nSPS) is 12.6. The lowest BCUT2D eigenvalue weighted by molar-refractivity contribution is -0.137. The molecule has 0 bridgehead atoms. The third-order valence-electron chi connectivity index (χ3n) is 3.99. The van der Waals surface area contributed by atoms with Gasteiger partial charge in [-0.2, -0.15) is 5.10 Å². The van der Waals surface area contributed by atoms with Gasteiger partial charge >= 0.3 is 0 Å². The Morgan fingerprint density at radius 2 is 2.00 bits per heavy atom. The Balaban J connectivity index is 2.36. The summed E-state index contributed by atoms with van der Waals surface area (Å²) < 4.78 is 1.45. The van der Waals surface area contributed by atoms with Crippen molar-refractivity contribution in [1.82, 2.24) is 15.1 Å². The molecule has 2 amide bonds. The first-order valence-corrected chi connectivity index (χ1v) is 8.68. The van der Waals surface area contributed by atoms with Gasteiger partial charge in [-0.25, -0.2) is 0 Å². The van der Waals surface area contributed by atoms with Gasteiger partial charge < -0.3 is 11.1 Å². The van der Waals surface area contributed by atoms with Gasteiger partial charge in [0.25, 0.3) is 11.8 Å². The van der Waals surface area contributed by atoms with E-state index in [9.17, 15) is 14.4 Å². The number of carbonyl (C=O) groups excluding carboxylic acids is 3. The molecular weight excluding hydrogens is 372 g/mol. The zero-order chi connectivity index (χ0) is 21.4. The van der Waals surface area contributed by atoms with Crippen molar-refractivity contribution in [2.45, 2.75) is 12.5 Å². The molecule has 0 aliphatic heterocycles. The lowest BCUT2D eigenvalue weighted by Crippen LogP contribution is -2.47. The topological polar surface area (TPSA) is 132 Å². The number of aliphatic imine (C=N–C) groups is 2. The van der Waals surface area contributed by atoms with E-state index in [0.29, 0.717) is 11.3 Å². The molecule has 2 aromatic rings. The Bertz CT molecular complexity index is 975. The quantitative estimate of drug-likeness (QED) is 0.475. The van der Waals surface area contributed by atoms with Crippen LogP contribution in [0.2, 0.25) is 0 Å². The fourth-order valence-electron chi connectivity index (χ4n) is 2.73. The number of aromatic nitrogens is 2. The second-order valence-corrected chi connectivity index (χ2v) is 6.16. The molecule has 1 unspecified atom stereocenters. The van der Waals surface area contributed by atoms with Crippen molar-refractivity contribution < 1.29 is 14.4 Å². The number of rotatable bonds is 9. The zero-order valence-corrected chi connectivity index (χ0v) is 16.2. The third-order valence-corrected chi connectivity index (χ3v) is 3.99. The fraction of sp³-hybridized carbons (Fsp3) is 0.200. The van der Waals surface area contributed by atoms with Crippen molar-refractivity contribution in [3.8, 4) is 0 Å². The molecule has 0 aliphatic carbocycles. The van der Waals surface area contributed by atoms with Crippen LogP contribution in [0.25, 0.3) is 5.57 Å². The molecule has 1 aromatic carbocycles. The Morgan fingerprint density at radius 3 is 2.59 bits per heavy atom. The molecule has 0 fully saturated rings. The summed E-state index contributed by atoms with van der Waals surface area (Å²) >= 11 is 0. The number of carbonyl (C=O) groups is 3. The number of primary amides is 1. The molecule has 0 saturated heterocycles. The lowest BCUT2D eigenvalue weighted by Gasteiger charge is -2.16. The van der Waals surface area contributed by atoms with E-state index in [1.807, 2.05) is 6.07 Å². The predicted molar refractivity (Wildman–Crippen MR) is 111 cm³/mol. The third kappa shape index (κ3) is 5.55. The molecule has 0 spiro atoms. The smallest absolute Gasteiger partial charge is 0.287 e. The average Bonchev–Trinajstić information content (AvgIpc) is 3.09. The molecule has 0 saturated carbocycles. The molecule has 3 N–H and O–H groups in total. The van der Waals surface area contributed by atoms with Crippen molar-refractivity contribution in [3.05, 3.63) is 59.5 Å². The Kier molecular flexibility index (Phi) is 7.30. The standard InChI is InChI=1S/C20H22N6O3/c1-22-10-14(11-23-2)17-15(12-26(3)25-17)20(29)24-16(18(27)19(21)28)9-13-7-5-4-6-8-13/h4-8,10-12,16H,1,9H2,2-3H3,(H2,21,28)(H,24,29)/b14-10+,23-11-. The number of nitrogens with one attached hydrogen (secondary N) is 1. The molecule has 29 heavy (non-hydrogen) atoms. The van der Waals surface area contributed by atoms with Crippen LogP contribution in [0.3, 0.4) is 0 Å². The number of amides is 2. The zero-order valence-electron chi connectivity index (χ0n) is 16.2. The molecule has 1 heterocycles. The Labute approximate surface area is 168 Å². The van der Waals surface area contributed by atoms with Gasteiger partial charge in [0.05, 0.1) is 5.56 Å². The Morgan fingerprint density at radius 1 is 1.31 bits per heavy atom. The average molecular weight is 394 g/mol. The monoisotopic (exact) mass is 394 g/mol. The van der Waals surface area contributed by atoms with Crippen LogP contribution in [0.4, 0.5) is 0 Å². The molecular formula is C20H22N6O3. The maximum absolute atomic E-state index is 12.9. The predicted octanol–water partition coefficient (Wildman–Crippen LogP) is 0.558. The number of ketones is 1. The largest absolute Gasteiger partial charge is 0.363 e. The highest BCUT2D eigenvalue weighted by molar-refractivity contribution is 6.38. The number of hydrogen-bond acceptors (Lipinski definition) is 6. The fourth-order valence-corrected chi connectivity index (χ4v) is 2.73. The van der Waals surface area contributed by atoms with Crippen molar-refractivity contribution in [1.29, 1.82) is 0 Å². The molecule has 150 valence electrons. The van der Waals surface area contributed by atoms with Crippen molar-refractivity contribution in [2.24, 2.45) is 22.8 Å². The summed E-state index contributed by atoms with van der Waals surface area (Å²) in [5.74, 6) is -2.58. The van der Waals surface area contributed by atoms with E-state index in [1.165, 1.54) is 23.3 Å². The number of aryl methyl sites for hydroxylation is 1. The molecule has 0 radical (unpaired) electrons. The van der Waals surface area contributed by atoms with E-state index in [-0.39, 0.29) is 12.0 Å². The van der Waals surface area contributed by atoms with Crippen LogP contribution in [0.15, 0.2) is 52.7 Å². The minimum Gasteiger partial charge on any atom is -0.363 e. The highest BCUT2D eigenvalue weighted by atomic mass is 16.2. The van der Waals surface area contributed by atoms with Crippen LogP contribution in [0, 0.1) is 0 Å². The summed E-state index contributed by atoms with van der Waals surface area (Å²) in [7, 11) is 3.22. The van der Waals surface area contributed by atoms with Crippen LogP contribution in [0.1, 0.15) is 21.6 Å². The van der Waals surface area contributed by atoms with E-state index in [4.69, 9.17) is 5.73 Å². The van der Waals surface area contributed by atoms with Gasteiger partial charge in [0.15, 0.2) is 0 Å². The van der Waals surface area contributed by atoms with Crippen LogP contribution >= 0.6 is 0 Å². The van der Waals surface area contributed by atoms with Crippen molar-refractivity contribution in [2.75, 3.05) is 7.05 Å². The maximum Gasteiger partial charge on any atom is 0.287 e. The Hall–Kier alpha value is -3.88. The number of nitrogens with two attached hydrogens (primary N) is 1. The van der Waals surface area contributed by atoms with Crippen LogP contribution in [0.5, 0.6) is 0 Å². The van der Waals surface area contributed by atoms with Crippen molar-refractivity contribution >= 4 is 36.1 Å². The summed E-state index contributed by atoms with van der Waals surface area (Å²) in [5.41, 5.74) is 6.91. The highest BCUT2D eigenvalue weighted by Crippen LogP contribution is 2.17. The van der Waals surface area contributed by atoms with E-state index >= 15 is 0 Å². The number of allylic oxidation sites excluding steroid dienone is 1. The molecule has 1 atom stereocenters. The summed E-state index contributed by atoms with van der Waals surface area (Å²) in [6, 6.07) is 7.89. The first-order valence-electron chi connectivity index (χ1n) is 8.68. The van der Waals surface area contributed by atoms with Gasteiger partial charge in [0.1, 0.15) is 11.7 Å². The van der Waals surface area contributed by atoms with Gasteiger partial charge in [-0.05, 0) is 12.3 Å². The van der Waals surface area contributed by atoms with Crippen LogP contribution in [-0.4, -0.2) is 53.4 Å². The van der Waals surface area contributed by atoms with Gasteiger partial charge in [0, 0.05) is 44.7 Å². The van der Waals surface area contributed by atoms with Gasteiger partial charge in [-0.3, -0.25) is 29.1 Å². The van der Waals surface area contributed by atoms with E-state index in [0.717, 1.165) is 5.56 Å². The van der Waals surface area contributed by atoms with E-state index in [2.05, 4.69) is 27.1 Å². The summed E-state index contributed by atoms with van der Waals surface area (Å²) in [4.78, 5) is 44.3. The molecule has 2 rings (SSSR count). The molecule has 9 heteroatoms. The first-order chi connectivity index (χ1) is 13.9. The van der Waals surface area contributed by atoms with Crippen molar-refractivity contribution in [3.63, 3.8) is 0 Å². The minimum absolute atomic E-state index is 0.122. The number of Topliss-reactive ketones (excluding diaryl/α,β-unsaturated/α-hetero) is 1. The maximum atomic E-state index is 12.9. The number of nitrogens with zero attached hydrogens (tertiary/aromatic N) is 4. The van der Waals surface area contributed by atoms with Gasteiger partial charge in [-0.1, -0.05) is 30.3 Å². The lowest BCUT2D eigenvalue weighted by atomic mass is 10.0. The number of benzene rings is 1. The summed E-state index contributed by atoms with van der Waals surface area (Å²) in [6.45, 7) is 3.41. The summed E-state index contributed by atoms with van der Waals surface area (Å²) in [6.07, 6.45) is 4.53. The van der Waals surface area contributed by atoms with Crippen LogP contribution < -0.4 is 11.1 Å². The van der Waals surface area contributed by atoms with E-state index in [1.54, 1.807) is 38.4 Å². The molecule has 9 nitrogen and oxygen atoms in total. The SMILES string of the molecule is C=N/C=C(\C=N/C)c1nn(C)cc1C(=O)NC(Cc1ccccc1)C(=O)C(N)=O. The second-order valence-electron chi connectivity index (χ2n) is 6.16. The minimum atomic E-state index is -1.12. The molecule has 0 aliphatic rings. The van der Waals surface area contributed by atoms with Crippen LogP contribution in [-0.2, 0) is 23.1 Å². The first kappa shape index (κ1) is 21.4.